The summed E-state index contributed by atoms with van der Waals surface area (Å²) < 4.78 is 28.0. The Morgan fingerprint density at radius 1 is 1.14 bits per heavy atom. The molecule has 0 spiro atoms. The van der Waals surface area contributed by atoms with E-state index >= 15 is 0 Å². The molecule has 0 fully saturated rings. The summed E-state index contributed by atoms with van der Waals surface area (Å²) in [5.41, 5.74) is 0. The van der Waals surface area contributed by atoms with E-state index in [1.54, 1.807) is 6.92 Å². The van der Waals surface area contributed by atoms with E-state index < -0.39 is 9.84 Å². The number of sulfone groups is 1. The third kappa shape index (κ3) is 14.6. The fourth-order valence-electron chi connectivity index (χ4n) is 1.46. The van der Waals surface area contributed by atoms with Crippen LogP contribution in [0.1, 0.15) is 33.6 Å². The van der Waals surface area contributed by atoms with Crippen LogP contribution in [-0.2, 0) is 14.6 Å². The first-order chi connectivity index (χ1) is 9.55. The van der Waals surface area contributed by atoms with E-state index in [9.17, 15) is 8.42 Å². The van der Waals surface area contributed by atoms with Crippen molar-refractivity contribution in [3.63, 3.8) is 0 Å². The van der Waals surface area contributed by atoms with Crippen LogP contribution in [0.4, 0.5) is 0 Å². The Kier molecular flexibility index (Phi) is 16.4. The molecule has 0 unspecified atom stereocenters. The topological polar surface area (TPSA) is 79.8 Å². The number of ether oxygens (including phenoxy) is 1. The maximum atomic E-state index is 11.4. The number of guanidine groups is 1. The minimum Gasteiger partial charge on any atom is -0.382 e. The van der Waals surface area contributed by atoms with E-state index in [-0.39, 0.29) is 35.5 Å². The number of hydrogen-bond acceptors (Lipinski definition) is 4. The lowest BCUT2D eigenvalue weighted by molar-refractivity contribution is 0.144. The number of aliphatic imine (C=N–C) groups is 1. The van der Waals surface area contributed by atoms with Gasteiger partial charge in [-0.3, -0.25) is 4.99 Å². The van der Waals surface area contributed by atoms with Crippen LogP contribution < -0.4 is 10.6 Å². The van der Waals surface area contributed by atoms with Crippen LogP contribution in [0, 0.1) is 0 Å². The van der Waals surface area contributed by atoms with Crippen LogP contribution in [0.15, 0.2) is 4.99 Å². The molecule has 2 N–H and O–H groups in total. The summed E-state index contributed by atoms with van der Waals surface area (Å²) in [4.78, 5) is 4.40. The average Bonchev–Trinajstić information content (AvgIpc) is 2.42. The molecular weight excluding hydrogens is 405 g/mol. The largest absolute Gasteiger partial charge is 0.382 e. The van der Waals surface area contributed by atoms with Crippen molar-refractivity contribution in [3.05, 3.63) is 0 Å². The first kappa shape index (κ1) is 23.2. The molecule has 0 radical (unpaired) electrons. The van der Waals surface area contributed by atoms with E-state index in [2.05, 4.69) is 15.6 Å². The fraction of sp³-hybridized carbons (Fsp3) is 0.923. The average molecular weight is 435 g/mol. The molecule has 8 heteroatoms. The molecule has 0 atom stereocenters. The number of hydrogen-bond donors (Lipinski definition) is 2. The van der Waals surface area contributed by atoms with E-state index in [1.807, 2.05) is 13.8 Å². The molecule has 0 saturated carbocycles. The molecule has 0 aliphatic rings. The zero-order valence-electron chi connectivity index (χ0n) is 13.4. The number of nitrogens with zero attached hydrogens (tertiary/aromatic N) is 1. The van der Waals surface area contributed by atoms with E-state index in [1.165, 1.54) is 0 Å². The van der Waals surface area contributed by atoms with Gasteiger partial charge in [-0.05, 0) is 26.7 Å². The van der Waals surface area contributed by atoms with Gasteiger partial charge in [0.05, 0.1) is 5.75 Å². The number of rotatable bonds is 11. The summed E-state index contributed by atoms with van der Waals surface area (Å²) in [6, 6.07) is 0. The number of halogens is 1. The highest BCUT2D eigenvalue weighted by Gasteiger charge is 2.07. The minimum absolute atomic E-state index is 0. The third-order valence-electron chi connectivity index (χ3n) is 2.66. The molecule has 21 heavy (non-hydrogen) atoms. The molecule has 0 aromatic rings. The zero-order chi connectivity index (χ0) is 15.3. The minimum atomic E-state index is -2.93. The highest BCUT2D eigenvalue weighted by Crippen LogP contribution is 1.91. The van der Waals surface area contributed by atoms with Crippen molar-refractivity contribution < 1.29 is 13.2 Å². The van der Waals surface area contributed by atoms with Crippen LogP contribution in [0.2, 0.25) is 0 Å². The molecule has 6 nitrogen and oxygen atoms in total. The maximum Gasteiger partial charge on any atom is 0.191 e. The van der Waals surface area contributed by atoms with Crippen LogP contribution >= 0.6 is 24.0 Å². The molecular formula is C13H30IN3O3S. The Bertz CT molecular complexity index is 362. The number of unbranched alkanes of at least 4 members (excludes halogenated alkanes) is 1. The molecule has 0 aromatic heterocycles. The summed E-state index contributed by atoms with van der Waals surface area (Å²) in [5.74, 6) is 0.994. The zero-order valence-corrected chi connectivity index (χ0v) is 16.5. The van der Waals surface area contributed by atoms with Gasteiger partial charge in [0.15, 0.2) is 15.8 Å². The quantitative estimate of drug-likeness (QED) is 0.222. The lowest BCUT2D eigenvalue weighted by atomic mass is 10.3. The van der Waals surface area contributed by atoms with Crippen molar-refractivity contribution in [3.8, 4) is 0 Å². The van der Waals surface area contributed by atoms with Crippen molar-refractivity contribution in [1.29, 1.82) is 0 Å². The number of nitrogens with one attached hydrogen (secondary N) is 2. The molecule has 128 valence electrons. The summed E-state index contributed by atoms with van der Waals surface area (Å²) in [6.45, 7) is 9.00. The molecule has 0 bridgehead atoms. The molecule has 0 aliphatic heterocycles. The summed E-state index contributed by atoms with van der Waals surface area (Å²) in [7, 11) is -2.93. The van der Waals surface area contributed by atoms with Gasteiger partial charge >= 0.3 is 0 Å². The Labute approximate surface area is 146 Å². The van der Waals surface area contributed by atoms with Gasteiger partial charge in [0, 0.05) is 38.6 Å². The van der Waals surface area contributed by atoms with Crippen LogP contribution in [0.3, 0.4) is 0 Å². The Morgan fingerprint density at radius 2 is 1.86 bits per heavy atom. The van der Waals surface area contributed by atoms with Crippen molar-refractivity contribution >= 4 is 39.8 Å². The monoisotopic (exact) mass is 435 g/mol. The molecule has 0 aromatic carbocycles. The second-order valence-electron chi connectivity index (χ2n) is 4.33. The SMILES string of the molecule is CCNC(=NCCCCOCC)NCCS(=O)(=O)CC.I. The highest BCUT2D eigenvalue weighted by molar-refractivity contribution is 14.0. The van der Waals surface area contributed by atoms with Crippen LogP contribution in [0.5, 0.6) is 0 Å². The van der Waals surface area contributed by atoms with Crippen molar-refractivity contribution in [2.24, 2.45) is 4.99 Å². The molecule has 0 amide bonds. The highest BCUT2D eigenvalue weighted by atomic mass is 127. The van der Waals surface area contributed by atoms with Crippen LogP contribution in [0.25, 0.3) is 0 Å². The van der Waals surface area contributed by atoms with Crippen molar-refractivity contribution in [1.82, 2.24) is 10.6 Å². The second kappa shape index (κ2) is 14.8. The van der Waals surface area contributed by atoms with Crippen molar-refractivity contribution in [2.75, 3.05) is 44.4 Å². The predicted molar refractivity (Wildman–Crippen MR) is 99.5 cm³/mol. The lowest BCUT2D eigenvalue weighted by Crippen LogP contribution is -2.39. The normalized spacial score (nSPS) is 11.9. The molecule has 0 saturated heterocycles. The van der Waals surface area contributed by atoms with Crippen molar-refractivity contribution in [2.45, 2.75) is 33.6 Å². The smallest absolute Gasteiger partial charge is 0.191 e. The Hall–Kier alpha value is -0.0900. The summed E-state index contributed by atoms with van der Waals surface area (Å²) in [6.07, 6.45) is 1.95. The summed E-state index contributed by atoms with van der Waals surface area (Å²) in [5, 5.41) is 6.14. The van der Waals surface area contributed by atoms with E-state index in [0.717, 1.165) is 32.6 Å². The lowest BCUT2D eigenvalue weighted by Gasteiger charge is -2.11. The molecule has 0 aliphatic carbocycles. The van der Waals surface area contributed by atoms with Gasteiger partial charge in [-0.2, -0.15) is 0 Å². The van der Waals surface area contributed by atoms with E-state index in [4.69, 9.17) is 4.74 Å². The van der Waals surface area contributed by atoms with Gasteiger partial charge in [0.1, 0.15) is 0 Å². The maximum absolute atomic E-state index is 11.4. The summed E-state index contributed by atoms with van der Waals surface area (Å²) >= 11 is 0. The third-order valence-corrected chi connectivity index (χ3v) is 4.37. The van der Waals surface area contributed by atoms with Gasteiger partial charge in [0.2, 0.25) is 0 Å². The van der Waals surface area contributed by atoms with Gasteiger partial charge < -0.3 is 15.4 Å². The predicted octanol–water partition coefficient (Wildman–Crippen LogP) is 1.41. The first-order valence-electron chi connectivity index (χ1n) is 7.36. The Balaban J connectivity index is 0. The second-order valence-corrected chi connectivity index (χ2v) is 6.80. The Morgan fingerprint density at radius 3 is 2.43 bits per heavy atom. The van der Waals surface area contributed by atoms with Gasteiger partial charge in [-0.25, -0.2) is 8.42 Å². The van der Waals surface area contributed by atoms with Gasteiger partial charge in [-0.1, -0.05) is 6.92 Å². The van der Waals surface area contributed by atoms with E-state index in [0.29, 0.717) is 19.0 Å². The molecule has 0 rings (SSSR count). The first-order valence-corrected chi connectivity index (χ1v) is 9.18. The fourth-order valence-corrected chi connectivity index (χ4v) is 2.16. The van der Waals surface area contributed by atoms with Gasteiger partial charge in [0.25, 0.3) is 0 Å². The van der Waals surface area contributed by atoms with Gasteiger partial charge in [-0.15, -0.1) is 24.0 Å². The molecule has 0 heterocycles. The standard InChI is InChI=1S/C13H29N3O3S.HI/c1-4-14-13(15-9-7-8-11-19-5-2)16-10-12-20(17,18)6-3;/h4-12H2,1-3H3,(H2,14,15,16);1H. The van der Waals surface area contributed by atoms with Crippen LogP contribution in [-0.4, -0.2) is 58.7 Å².